The van der Waals surface area contributed by atoms with E-state index in [9.17, 15) is 5.26 Å². The van der Waals surface area contributed by atoms with E-state index in [1.165, 1.54) is 95.6 Å². The maximum absolute atomic E-state index is 9.77. The van der Waals surface area contributed by atoms with Gasteiger partial charge in [-0.3, -0.25) is 0 Å². The number of rotatable bonds is 10. The highest BCUT2D eigenvalue weighted by molar-refractivity contribution is 5.13. The van der Waals surface area contributed by atoms with Crippen LogP contribution in [0.2, 0.25) is 0 Å². The van der Waals surface area contributed by atoms with Gasteiger partial charge in [-0.25, -0.2) is 0 Å². The summed E-state index contributed by atoms with van der Waals surface area (Å²) in [5.74, 6) is 3.07. The van der Waals surface area contributed by atoms with Gasteiger partial charge in [0.15, 0.2) is 0 Å². The van der Waals surface area contributed by atoms with Gasteiger partial charge in [-0.1, -0.05) is 65.2 Å². The molecule has 3 heteroatoms. The average molecular weight is 410 g/mol. The summed E-state index contributed by atoms with van der Waals surface area (Å²) < 4.78 is 0. The molecule has 2 aliphatic rings. The summed E-state index contributed by atoms with van der Waals surface area (Å²) in [7, 11) is 0. The molecule has 1 aromatic heterocycles. The second kappa shape index (κ2) is 12.4. The van der Waals surface area contributed by atoms with Crippen LogP contribution in [0.5, 0.6) is 0 Å². The van der Waals surface area contributed by atoms with Crippen LogP contribution in [0, 0.1) is 35.0 Å². The highest BCUT2D eigenvalue weighted by Gasteiger charge is 2.28. The summed E-state index contributed by atoms with van der Waals surface area (Å²) in [5.41, 5.74) is 2.19. The van der Waals surface area contributed by atoms with Crippen LogP contribution in [0.4, 0.5) is 0 Å². The van der Waals surface area contributed by atoms with E-state index in [2.05, 4.69) is 42.2 Å². The summed E-state index contributed by atoms with van der Waals surface area (Å²) >= 11 is 0. The van der Waals surface area contributed by atoms with E-state index >= 15 is 0 Å². The van der Waals surface area contributed by atoms with Crippen LogP contribution in [-0.4, -0.2) is 10.2 Å². The van der Waals surface area contributed by atoms with Crippen molar-refractivity contribution in [2.75, 3.05) is 0 Å². The molecule has 0 bridgehead atoms. The van der Waals surface area contributed by atoms with Crippen molar-refractivity contribution in [1.29, 1.82) is 5.26 Å². The smallest absolute Gasteiger partial charge is 0.0662 e. The fourth-order valence-corrected chi connectivity index (χ4v) is 5.96. The quantitative estimate of drug-likeness (QED) is 0.373. The zero-order valence-electron chi connectivity index (χ0n) is 19.5. The van der Waals surface area contributed by atoms with Gasteiger partial charge >= 0.3 is 0 Å². The topological polar surface area (TPSA) is 49.6 Å². The van der Waals surface area contributed by atoms with Crippen LogP contribution in [0.1, 0.15) is 121 Å². The molecule has 3 nitrogen and oxygen atoms in total. The van der Waals surface area contributed by atoms with Gasteiger partial charge in [0.05, 0.1) is 23.4 Å². The predicted molar refractivity (Wildman–Crippen MR) is 124 cm³/mol. The standard InChI is InChI=1S/C27H43N3/c1-3-5-6-8-22-11-15-24(16-12-22)27-18-17-26(29-30-27)19-25(20-28)23-13-9-21(7-4-2)10-14-23/h17-18,21-25H,3-16,19H2,1-2H3. The van der Waals surface area contributed by atoms with Crippen LogP contribution in [-0.2, 0) is 6.42 Å². The van der Waals surface area contributed by atoms with E-state index < -0.39 is 0 Å². The number of nitrogens with zero attached hydrogens (tertiary/aromatic N) is 3. The molecular weight excluding hydrogens is 366 g/mol. The summed E-state index contributed by atoms with van der Waals surface area (Å²) in [4.78, 5) is 0. The number of unbranched alkanes of at least 4 members (excludes halogenated alkanes) is 2. The predicted octanol–water partition coefficient (Wildman–Crippen LogP) is 7.62. The van der Waals surface area contributed by atoms with Gasteiger partial charge in [-0.15, -0.1) is 0 Å². The van der Waals surface area contributed by atoms with Crippen molar-refractivity contribution < 1.29 is 0 Å². The fraction of sp³-hybridized carbons (Fsp3) is 0.815. The van der Waals surface area contributed by atoms with Crippen molar-refractivity contribution in [3.05, 3.63) is 23.5 Å². The molecule has 2 aliphatic carbocycles. The Hall–Kier alpha value is -1.43. The number of hydrogen-bond acceptors (Lipinski definition) is 3. The maximum atomic E-state index is 9.77. The van der Waals surface area contributed by atoms with Gasteiger partial charge in [0.25, 0.3) is 0 Å². The molecule has 166 valence electrons. The highest BCUT2D eigenvalue weighted by atomic mass is 15.1. The van der Waals surface area contributed by atoms with Crippen molar-refractivity contribution in [2.45, 2.75) is 116 Å². The van der Waals surface area contributed by atoms with Gasteiger partial charge in [-0.2, -0.15) is 15.5 Å². The Balaban J connectivity index is 1.46. The van der Waals surface area contributed by atoms with Gasteiger partial charge in [0.2, 0.25) is 0 Å². The number of hydrogen-bond donors (Lipinski definition) is 0. The Morgan fingerprint density at radius 3 is 2.17 bits per heavy atom. The molecule has 0 amide bonds. The number of nitriles is 1. The fourth-order valence-electron chi connectivity index (χ4n) is 5.96. The largest absolute Gasteiger partial charge is 0.198 e. The first-order valence-corrected chi connectivity index (χ1v) is 13.0. The lowest BCUT2D eigenvalue weighted by Gasteiger charge is -2.31. The zero-order valence-corrected chi connectivity index (χ0v) is 19.5. The molecule has 1 atom stereocenters. The summed E-state index contributed by atoms with van der Waals surface area (Å²) in [6.45, 7) is 4.57. The molecule has 0 N–H and O–H groups in total. The highest BCUT2D eigenvalue weighted by Crippen LogP contribution is 2.38. The second-order valence-electron chi connectivity index (χ2n) is 10.2. The third kappa shape index (κ3) is 6.79. The van der Waals surface area contributed by atoms with Crippen LogP contribution in [0.3, 0.4) is 0 Å². The molecule has 1 unspecified atom stereocenters. The molecule has 30 heavy (non-hydrogen) atoms. The minimum absolute atomic E-state index is 0.103. The van der Waals surface area contributed by atoms with E-state index in [1.807, 2.05) is 0 Å². The first-order chi connectivity index (χ1) is 14.7. The average Bonchev–Trinajstić information content (AvgIpc) is 2.79. The Labute approximate surface area is 185 Å². The van der Waals surface area contributed by atoms with E-state index in [-0.39, 0.29) is 5.92 Å². The lowest BCUT2D eigenvalue weighted by atomic mass is 9.74. The lowest BCUT2D eigenvalue weighted by molar-refractivity contribution is 0.222. The van der Waals surface area contributed by atoms with E-state index in [0.717, 1.165) is 24.0 Å². The summed E-state index contributed by atoms with van der Waals surface area (Å²) in [6, 6.07) is 6.96. The van der Waals surface area contributed by atoms with Crippen molar-refractivity contribution in [1.82, 2.24) is 10.2 Å². The van der Waals surface area contributed by atoms with E-state index in [1.54, 1.807) is 0 Å². The second-order valence-corrected chi connectivity index (χ2v) is 10.2. The third-order valence-corrected chi connectivity index (χ3v) is 7.97. The zero-order chi connectivity index (χ0) is 21.2. The first kappa shape index (κ1) is 23.2. The summed E-state index contributed by atoms with van der Waals surface area (Å²) in [5, 5.41) is 18.9. The molecule has 3 rings (SSSR count). The van der Waals surface area contributed by atoms with Crippen molar-refractivity contribution in [3.63, 3.8) is 0 Å². The monoisotopic (exact) mass is 409 g/mol. The maximum Gasteiger partial charge on any atom is 0.0662 e. The minimum Gasteiger partial charge on any atom is -0.198 e. The molecule has 0 radical (unpaired) electrons. The van der Waals surface area contributed by atoms with Crippen LogP contribution in [0.25, 0.3) is 0 Å². The Morgan fingerprint density at radius 2 is 1.57 bits per heavy atom. The molecule has 0 aromatic carbocycles. The first-order valence-electron chi connectivity index (χ1n) is 13.0. The molecular formula is C27H43N3. The molecule has 2 saturated carbocycles. The van der Waals surface area contributed by atoms with Gasteiger partial charge in [0.1, 0.15) is 0 Å². The van der Waals surface area contributed by atoms with E-state index in [0.29, 0.717) is 11.8 Å². The lowest BCUT2D eigenvalue weighted by Crippen LogP contribution is -2.23. The Morgan fingerprint density at radius 1 is 0.867 bits per heavy atom. The molecule has 1 heterocycles. The summed E-state index contributed by atoms with van der Waals surface area (Å²) in [6.07, 6.45) is 19.3. The van der Waals surface area contributed by atoms with Crippen molar-refractivity contribution in [3.8, 4) is 6.07 Å². The molecule has 1 aromatic rings. The minimum atomic E-state index is 0.103. The normalized spacial score (nSPS) is 28.0. The van der Waals surface area contributed by atoms with Crippen molar-refractivity contribution in [2.24, 2.45) is 23.7 Å². The van der Waals surface area contributed by atoms with Crippen LogP contribution < -0.4 is 0 Å². The SMILES string of the molecule is CCCCCC1CCC(c2ccc(CC(C#N)C3CCC(CCC)CC3)nn2)CC1. The third-order valence-electron chi connectivity index (χ3n) is 7.97. The van der Waals surface area contributed by atoms with E-state index in [4.69, 9.17) is 0 Å². The molecule has 0 saturated heterocycles. The molecule has 0 spiro atoms. The van der Waals surface area contributed by atoms with Crippen LogP contribution in [0.15, 0.2) is 12.1 Å². The van der Waals surface area contributed by atoms with Gasteiger partial charge in [-0.05, 0) is 68.4 Å². The van der Waals surface area contributed by atoms with Crippen molar-refractivity contribution >= 4 is 0 Å². The molecule has 0 aliphatic heterocycles. The number of aromatic nitrogens is 2. The van der Waals surface area contributed by atoms with Crippen LogP contribution >= 0.6 is 0 Å². The molecule has 2 fully saturated rings. The Bertz CT molecular complexity index is 631. The van der Waals surface area contributed by atoms with Gasteiger partial charge < -0.3 is 0 Å². The van der Waals surface area contributed by atoms with Gasteiger partial charge in [0, 0.05) is 12.3 Å². The Kier molecular flexibility index (Phi) is 9.63.